The smallest absolute Gasteiger partial charge is 0.484 e. The summed E-state index contributed by atoms with van der Waals surface area (Å²) < 4.78 is 70.9. The molecule has 2 atom stereocenters. The summed E-state index contributed by atoms with van der Waals surface area (Å²) >= 11 is 0. The first-order valence-electron chi connectivity index (χ1n) is 11.1. The fraction of sp³-hybridized carbons (Fsp3) is 0.619. The molecule has 10 nitrogen and oxygen atoms in total. The van der Waals surface area contributed by atoms with Crippen LogP contribution in [0, 0.1) is 0 Å². The van der Waals surface area contributed by atoms with Gasteiger partial charge >= 0.3 is 6.29 Å². The van der Waals surface area contributed by atoms with Gasteiger partial charge in [-0.15, -0.1) is 8.78 Å². The van der Waals surface area contributed by atoms with Crippen LogP contribution in [0.1, 0.15) is 19.3 Å². The van der Waals surface area contributed by atoms with E-state index in [0.717, 1.165) is 0 Å². The van der Waals surface area contributed by atoms with Crippen molar-refractivity contribution in [2.24, 2.45) is 0 Å². The highest BCUT2D eigenvalue weighted by atomic mass is 19.3. The second-order valence-electron chi connectivity index (χ2n) is 9.31. The van der Waals surface area contributed by atoms with E-state index in [-0.39, 0.29) is 55.4 Å². The molecular formula is C21H24F4N4O6. The van der Waals surface area contributed by atoms with Gasteiger partial charge in [-0.2, -0.15) is 0 Å². The lowest BCUT2D eigenvalue weighted by atomic mass is 9.44. The molecule has 2 unspecified atom stereocenters. The van der Waals surface area contributed by atoms with Gasteiger partial charge in [-0.05, 0) is 31.4 Å². The standard InChI is InChI=1S/C21H24F4N4O6/c22-18(23)12-4-27-17(5-26-12)33-7-16(31)29-20-8-19(9-20,10-20)28-15(30)6-32-11-1-2-13-14(3-11)35-21(24,25)34-13/h1-3,12,17-18,26-27H,4-10H2,(H,28,30)(H,29,31). The summed E-state index contributed by atoms with van der Waals surface area (Å²) in [6.07, 6.45) is -5.04. The van der Waals surface area contributed by atoms with E-state index in [9.17, 15) is 27.2 Å². The van der Waals surface area contributed by atoms with Crippen LogP contribution in [0.2, 0.25) is 0 Å². The van der Waals surface area contributed by atoms with Crippen LogP contribution in [0.15, 0.2) is 18.2 Å². The highest BCUT2D eigenvalue weighted by Gasteiger charge is 2.69. The Labute approximate surface area is 197 Å². The molecule has 0 aromatic heterocycles. The number of hydrogen-bond acceptors (Lipinski definition) is 8. The van der Waals surface area contributed by atoms with Crippen LogP contribution >= 0.6 is 0 Å². The lowest BCUT2D eigenvalue weighted by molar-refractivity contribution is -0.286. The summed E-state index contributed by atoms with van der Waals surface area (Å²) in [5.74, 6) is -0.825. The molecule has 5 aliphatic rings. The normalized spacial score (nSPS) is 31.8. The SMILES string of the molecule is O=C(COc1ccc2c(c1)OC(F)(F)O2)NC12CC(NC(=O)COC3CNC(C(F)F)CN3)(C1)C2. The molecule has 2 bridgehead atoms. The zero-order chi connectivity index (χ0) is 24.8. The number of ether oxygens (including phenoxy) is 4. The van der Waals surface area contributed by atoms with E-state index in [1.807, 2.05) is 0 Å². The van der Waals surface area contributed by atoms with Gasteiger partial charge in [0.2, 0.25) is 5.91 Å². The Morgan fingerprint density at radius 2 is 1.66 bits per heavy atom. The van der Waals surface area contributed by atoms with Crippen molar-refractivity contribution in [2.45, 2.75) is 55.3 Å². The predicted molar refractivity (Wildman–Crippen MR) is 109 cm³/mol. The van der Waals surface area contributed by atoms with Crippen molar-refractivity contribution >= 4 is 11.8 Å². The number of carbonyl (C=O) groups excluding carboxylic acids is 2. The third kappa shape index (κ3) is 5.09. The lowest BCUT2D eigenvalue weighted by Crippen LogP contribution is -2.84. The van der Waals surface area contributed by atoms with Crippen molar-refractivity contribution in [1.82, 2.24) is 21.3 Å². The number of hydrogen-bond donors (Lipinski definition) is 4. The molecule has 14 heteroatoms. The van der Waals surface area contributed by atoms with Crippen molar-refractivity contribution in [3.8, 4) is 17.2 Å². The third-order valence-electron chi connectivity index (χ3n) is 6.43. The van der Waals surface area contributed by atoms with Crippen molar-refractivity contribution < 1.29 is 46.1 Å². The highest BCUT2D eigenvalue weighted by Crippen LogP contribution is 2.60. The van der Waals surface area contributed by atoms with E-state index in [4.69, 9.17) is 9.47 Å². The molecule has 1 aromatic rings. The summed E-state index contributed by atoms with van der Waals surface area (Å²) in [5, 5.41) is 11.3. The van der Waals surface area contributed by atoms with Gasteiger partial charge in [-0.1, -0.05) is 0 Å². The number of amides is 2. The molecule has 3 saturated carbocycles. The van der Waals surface area contributed by atoms with E-state index >= 15 is 0 Å². The Morgan fingerprint density at radius 1 is 1.00 bits per heavy atom. The van der Waals surface area contributed by atoms with Crippen LogP contribution in [-0.4, -0.2) is 74.2 Å². The predicted octanol–water partition coefficient (Wildman–Crippen LogP) is 0.464. The van der Waals surface area contributed by atoms with Gasteiger partial charge in [-0.25, -0.2) is 8.78 Å². The van der Waals surface area contributed by atoms with Crippen LogP contribution in [0.3, 0.4) is 0 Å². The molecule has 2 amide bonds. The first kappa shape index (κ1) is 23.9. The largest absolute Gasteiger partial charge is 0.586 e. The Balaban J connectivity index is 0.987. The van der Waals surface area contributed by atoms with Crippen molar-refractivity contribution in [3.05, 3.63) is 18.2 Å². The molecule has 0 radical (unpaired) electrons. The molecule has 2 aliphatic heterocycles. The third-order valence-corrected chi connectivity index (χ3v) is 6.43. The van der Waals surface area contributed by atoms with Gasteiger partial charge in [0.25, 0.3) is 12.3 Å². The molecule has 4 N–H and O–H groups in total. The number of piperazine rings is 1. The molecular weight excluding hydrogens is 480 g/mol. The molecule has 0 spiro atoms. The van der Waals surface area contributed by atoms with E-state index in [2.05, 4.69) is 30.7 Å². The molecule has 35 heavy (non-hydrogen) atoms. The quantitative estimate of drug-likeness (QED) is 0.359. The molecule has 2 heterocycles. The Kier molecular flexibility index (Phi) is 5.92. The maximum Gasteiger partial charge on any atom is 0.586 e. The van der Waals surface area contributed by atoms with Crippen molar-refractivity contribution in [2.75, 3.05) is 26.3 Å². The molecule has 4 fully saturated rings. The zero-order valence-electron chi connectivity index (χ0n) is 18.4. The average Bonchev–Trinajstić information content (AvgIpc) is 3.07. The number of rotatable bonds is 9. The Bertz CT molecular complexity index is 984. The van der Waals surface area contributed by atoms with Crippen LogP contribution in [0.5, 0.6) is 17.2 Å². The summed E-state index contributed by atoms with van der Waals surface area (Å²) in [7, 11) is 0. The van der Waals surface area contributed by atoms with Crippen LogP contribution in [-0.2, 0) is 14.3 Å². The summed E-state index contributed by atoms with van der Waals surface area (Å²) in [4.78, 5) is 24.5. The number of nitrogens with one attached hydrogen (secondary N) is 4. The van der Waals surface area contributed by atoms with E-state index < -0.39 is 36.1 Å². The molecule has 6 rings (SSSR count). The minimum absolute atomic E-state index is 0.0461. The van der Waals surface area contributed by atoms with Gasteiger partial charge in [0.05, 0.1) is 6.04 Å². The average molecular weight is 504 g/mol. The van der Waals surface area contributed by atoms with Gasteiger partial charge in [0, 0.05) is 30.2 Å². The molecule has 192 valence electrons. The van der Waals surface area contributed by atoms with Crippen molar-refractivity contribution in [3.63, 3.8) is 0 Å². The summed E-state index contributed by atoms with van der Waals surface area (Å²) in [6.45, 7) is -0.317. The first-order valence-corrected chi connectivity index (χ1v) is 11.1. The van der Waals surface area contributed by atoms with E-state index in [0.29, 0.717) is 19.3 Å². The van der Waals surface area contributed by atoms with Gasteiger partial charge in [-0.3, -0.25) is 14.9 Å². The van der Waals surface area contributed by atoms with Gasteiger partial charge < -0.3 is 34.9 Å². The number of halogens is 4. The fourth-order valence-electron chi connectivity index (χ4n) is 5.02. The topological polar surface area (TPSA) is 119 Å². The number of benzene rings is 1. The monoisotopic (exact) mass is 504 g/mol. The van der Waals surface area contributed by atoms with Crippen LogP contribution < -0.4 is 35.5 Å². The van der Waals surface area contributed by atoms with Crippen molar-refractivity contribution in [1.29, 1.82) is 0 Å². The first-order chi connectivity index (χ1) is 16.5. The second-order valence-corrected chi connectivity index (χ2v) is 9.31. The number of carbonyl (C=O) groups is 2. The lowest BCUT2D eigenvalue weighted by Gasteiger charge is -2.70. The second kappa shape index (κ2) is 8.68. The molecule has 3 aliphatic carbocycles. The summed E-state index contributed by atoms with van der Waals surface area (Å²) in [6, 6.07) is 2.93. The van der Waals surface area contributed by atoms with Gasteiger partial charge in [0.15, 0.2) is 18.1 Å². The molecule has 1 aromatic carbocycles. The number of alkyl halides is 4. The van der Waals surface area contributed by atoms with Crippen LogP contribution in [0.25, 0.3) is 0 Å². The van der Waals surface area contributed by atoms with Crippen LogP contribution in [0.4, 0.5) is 17.6 Å². The molecule has 1 saturated heterocycles. The maximum absolute atomic E-state index is 13.1. The maximum atomic E-state index is 13.1. The Morgan fingerprint density at radius 3 is 2.29 bits per heavy atom. The minimum Gasteiger partial charge on any atom is -0.484 e. The number of fused-ring (bicyclic) bond motifs is 1. The van der Waals surface area contributed by atoms with Gasteiger partial charge in [0.1, 0.15) is 18.6 Å². The van der Waals surface area contributed by atoms with E-state index in [1.165, 1.54) is 18.2 Å². The minimum atomic E-state index is -3.73. The fourth-order valence-corrected chi connectivity index (χ4v) is 5.02. The zero-order valence-corrected chi connectivity index (χ0v) is 18.4. The highest BCUT2D eigenvalue weighted by molar-refractivity contribution is 5.81. The summed E-state index contributed by atoms with van der Waals surface area (Å²) in [5.41, 5.74) is -0.805. The van der Waals surface area contributed by atoms with E-state index in [1.54, 1.807) is 0 Å². The Hall–Kier alpha value is -2.84.